The van der Waals surface area contributed by atoms with E-state index < -0.39 is 5.91 Å². The summed E-state index contributed by atoms with van der Waals surface area (Å²) in [5.74, 6) is -0.214. The molecule has 2 N–H and O–H groups in total. The highest BCUT2D eigenvalue weighted by Crippen LogP contribution is 2.19. The van der Waals surface area contributed by atoms with Crippen LogP contribution in [0, 0.1) is 0 Å². The molecule has 0 aliphatic carbocycles. The lowest BCUT2D eigenvalue weighted by Gasteiger charge is -2.26. The lowest BCUT2D eigenvalue weighted by Crippen LogP contribution is -2.43. The van der Waals surface area contributed by atoms with E-state index in [1.807, 2.05) is 12.1 Å². The van der Waals surface area contributed by atoms with E-state index in [1.54, 1.807) is 31.1 Å². The molecule has 1 aromatic rings. The Morgan fingerprint density at radius 2 is 1.95 bits per heavy atom. The molecule has 5 heteroatoms. The summed E-state index contributed by atoms with van der Waals surface area (Å²) >= 11 is 0. The molecule has 0 unspecified atom stereocenters. The first kappa shape index (κ1) is 15.5. The average molecular weight is 289 g/mol. The van der Waals surface area contributed by atoms with Crippen molar-refractivity contribution in [3.05, 3.63) is 35.4 Å². The Balaban J connectivity index is 1.92. The van der Waals surface area contributed by atoms with Crippen molar-refractivity contribution < 1.29 is 9.59 Å². The number of hydrogen-bond acceptors (Lipinski definition) is 3. The van der Waals surface area contributed by atoms with Gasteiger partial charge in [-0.2, -0.15) is 0 Å². The molecule has 2 amide bonds. The zero-order valence-corrected chi connectivity index (χ0v) is 12.7. The Morgan fingerprint density at radius 1 is 1.29 bits per heavy atom. The number of likely N-dealkylation sites (N-methyl/N-ethyl adjacent to an activating group) is 1. The fraction of sp³-hybridized carbons (Fsp3) is 0.500. The van der Waals surface area contributed by atoms with Gasteiger partial charge < -0.3 is 10.6 Å². The zero-order valence-electron chi connectivity index (χ0n) is 12.7. The van der Waals surface area contributed by atoms with Crippen LogP contribution in [0.2, 0.25) is 0 Å². The Bertz CT molecular complexity index is 511. The molecule has 0 aromatic heterocycles. The number of hydrogen-bond donors (Lipinski definition) is 1. The Kier molecular flexibility index (Phi) is 4.96. The van der Waals surface area contributed by atoms with Crippen LogP contribution in [-0.2, 0) is 11.2 Å². The third kappa shape index (κ3) is 3.82. The molecular weight excluding hydrogens is 266 g/mol. The molecule has 1 aliphatic rings. The monoisotopic (exact) mass is 289 g/mol. The summed E-state index contributed by atoms with van der Waals surface area (Å²) in [6, 6.07) is 7.39. The average Bonchev–Trinajstić information content (AvgIpc) is 2.92. The second-order valence-electron chi connectivity index (χ2n) is 5.74. The summed E-state index contributed by atoms with van der Waals surface area (Å²) in [7, 11) is 3.61. The normalized spacial score (nSPS) is 18.7. The number of nitrogens with zero attached hydrogens (tertiary/aromatic N) is 2. The molecule has 1 aliphatic heterocycles. The van der Waals surface area contributed by atoms with Crippen LogP contribution in [0.15, 0.2) is 24.3 Å². The third-order valence-corrected chi connectivity index (χ3v) is 4.02. The van der Waals surface area contributed by atoms with Gasteiger partial charge in [0.1, 0.15) is 0 Å². The van der Waals surface area contributed by atoms with Gasteiger partial charge in [0.2, 0.25) is 11.8 Å². The Labute approximate surface area is 125 Å². The minimum atomic E-state index is -0.405. The molecule has 1 fully saturated rings. The minimum absolute atomic E-state index is 0.0184. The second-order valence-corrected chi connectivity index (χ2v) is 5.74. The molecule has 1 heterocycles. The number of nitrogens with two attached hydrogens (primary N) is 1. The summed E-state index contributed by atoms with van der Waals surface area (Å²) in [6.07, 6.45) is 2.89. The lowest BCUT2D eigenvalue weighted by atomic mass is 10.1. The number of carbonyl (C=O) groups is 2. The van der Waals surface area contributed by atoms with Crippen LogP contribution in [0.3, 0.4) is 0 Å². The maximum Gasteiger partial charge on any atom is 0.248 e. The van der Waals surface area contributed by atoms with E-state index in [1.165, 1.54) is 0 Å². The fourth-order valence-corrected chi connectivity index (χ4v) is 2.78. The van der Waals surface area contributed by atoms with Crippen molar-refractivity contribution in [2.75, 3.05) is 27.2 Å². The van der Waals surface area contributed by atoms with Crippen LogP contribution in [0.4, 0.5) is 0 Å². The number of rotatable bonds is 5. The number of primary amides is 1. The predicted molar refractivity (Wildman–Crippen MR) is 82.0 cm³/mol. The molecule has 5 nitrogen and oxygen atoms in total. The van der Waals surface area contributed by atoms with E-state index in [9.17, 15) is 9.59 Å². The van der Waals surface area contributed by atoms with Crippen LogP contribution in [0.25, 0.3) is 0 Å². The van der Waals surface area contributed by atoms with Gasteiger partial charge in [-0.25, -0.2) is 0 Å². The number of benzene rings is 1. The third-order valence-electron chi connectivity index (χ3n) is 4.02. The number of likely N-dealkylation sites (tertiary alicyclic amines) is 1. The molecule has 2 rings (SSSR count). The molecular formula is C16H23N3O2. The molecule has 0 spiro atoms. The molecule has 1 saturated heterocycles. The van der Waals surface area contributed by atoms with Crippen LogP contribution in [-0.4, -0.2) is 54.8 Å². The van der Waals surface area contributed by atoms with E-state index in [0.29, 0.717) is 5.56 Å². The van der Waals surface area contributed by atoms with Crippen molar-refractivity contribution in [1.29, 1.82) is 0 Å². The summed E-state index contributed by atoms with van der Waals surface area (Å²) < 4.78 is 0. The quantitative estimate of drug-likeness (QED) is 0.875. The summed E-state index contributed by atoms with van der Waals surface area (Å²) in [4.78, 5) is 27.1. The van der Waals surface area contributed by atoms with Crippen molar-refractivity contribution in [3.63, 3.8) is 0 Å². The maximum atomic E-state index is 12.1. The maximum absolute atomic E-state index is 12.1. The molecule has 21 heavy (non-hydrogen) atoms. The van der Waals surface area contributed by atoms with Crippen LogP contribution < -0.4 is 5.73 Å². The van der Waals surface area contributed by atoms with Gasteiger partial charge in [0, 0.05) is 26.2 Å². The highest BCUT2D eigenvalue weighted by molar-refractivity contribution is 5.92. The number of carbonyl (C=O) groups excluding carboxylic acids is 2. The highest BCUT2D eigenvalue weighted by Gasteiger charge is 2.31. The molecule has 1 atom stereocenters. The van der Waals surface area contributed by atoms with E-state index >= 15 is 0 Å². The lowest BCUT2D eigenvalue weighted by molar-refractivity contribution is -0.133. The Morgan fingerprint density at radius 3 is 2.52 bits per heavy atom. The van der Waals surface area contributed by atoms with Gasteiger partial charge in [-0.3, -0.25) is 14.5 Å². The molecule has 0 saturated carbocycles. The molecule has 114 valence electrons. The van der Waals surface area contributed by atoms with E-state index in [2.05, 4.69) is 4.90 Å². The number of amides is 2. The first-order valence-electron chi connectivity index (χ1n) is 7.33. The molecule has 0 radical (unpaired) electrons. The smallest absolute Gasteiger partial charge is 0.248 e. The SMILES string of the molecule is CN(C)C(=O)[C@@H]1CCCN1CCc1ccc(C(N)=O)cc1. The van der Waals surface area contributed by atoms with Gasteiger partial charge in [0.25, 0.3) is 0 Å². The van der Waals surface area contributed by atoms with Crippen molar-refractivity contribution in [2.45, 2.75) is 25.3 Å². The van der Waals surface area contributed by atoms with Crippen LogP contribution in [0.5, 0.6) is 0 Å². The first-order chi connectivity index (χ1) is 9.99. The first-order valence-corrected chi connectivity index (χ1v) is 7.33. The van der Waals surface area contributed by atoms with Crippen molar-refractivity contribution in [1.82, 2.24) is 9.80 Å². The van der Waals surface area contributed by atoms with Crippen LogP contribution >= 0.6 is 0 Å². The van der Waals surface area contributed by atoms with Crippen molar-refractivity contribution >= 4 is 11.8 Å². The minimum Gasteiger partial charge on any atom is -0.366 e. The van der Waals surface area contributed by atoms with Gasteiger partial charge in [-0.1, -0.05) is 12.1 Å². The predicted octanol–water partition coefficient (Wildman–Crippen LogP) is 0.881. The van der Waals surface area contributed by atoms with E-state index in [-0.39, 0.29) is 11.9 Å². The molecule has 1 aromatic carbocycles. The standard InChI is InChI=1S/C16H23N3O2/c1-18(2)16(21)14-4-3-10-19(14)11-9-12-5-7-13(8-6-12)15(17)20/h5-8,14H,3-4,9-11H2,1-2H3,(H2,17,20)/t14-/m0/s1. The zero-order chi connectivity index (χ0) is 15.4. The van der Waals surface area contributed by atoms with Gasteiger partial charge >= 0.3 is 0 Å². The van der Waals surface area contributed by atoms with Crippen molar-refractivity contribution in [3.8, 4) is 0 Å². The Hall–Kier alpha value is -1.88. The van der Waals surface area contributed by atoms with Crippen LogP contribution in [0.1, 0.15) is 28.8 Å². The topological polar surface area (TPSA) is 66.6 Å². The highest BCUT2D eigenvalue weighted by atomic mass is 16.2. The van der Waals surface area contributed by atoms with Gasteiger partial charge in [0.05, 0.1) is 6.04 Å². The van der Waals surface area contributed by atoms with Gasteiger partial charge in [-0.05, 0) is 43.5 Å². The molecule has 0 bridgehead atoms. The summed E-state index contributed by atoms with van der Waals surface area (Å²) in [5, 5.41) is 0. The summed E-state index contributed by atoms with van der Waals surface area (Å²) in [6.45, 7) is 1.84. The summed E-state index contributed by atoms with van der Waals surface area (Å²) in [5.41, 5.74) is 6.91. The van der Waals surface area contributed by atoms with Gasteiger partial charge in [-0.15, -0.1) is 0 Å². The van der Waals surface area contributed by atoms with E-state index in [0.717, 1.165) is 37.9 Å². The van der Waals surface area contributed by atoms with Gasteiger partial charge in [0.15, 0.2) is 0 Å². The second kappa shape index (κ2) is 6.72. The van der Waals surface area contributed by atoms with E-state index in [4.69, 9.17) is 5.73 Å². The fourth-order valence-electron chi connectivity index (χ4n) is 2.78. The van der Waals surface area contributed by atoms with Crippen molar-refractivity contribution in [2.24, 2.45) is 5.73 Å². The largest absolute Gasteiger partial charge is 0.366 e.